The van der Waals surface area contributed by atoms with Gasteiger partial charge in [-0.25, -0.2) is 4.39 Å². The van der Waals surface area contributed by atoms with Crippen molar-refractivity contribution in [1.82, 2.24) is 20.1 Å². The number of thioether (sulfide) groups is 1. The second-order valence-corrected chi connectivity index (χ2v) is 7.76. The Morgan fingerprint density at radius 3 is 2.50 bits per heavy atom. The summed E-state index contributed by atoms with van der Waals surface area (Å²) in [6.45, 7) is 0. The highest BCUT2D eigenvalue weighted by Crippen LogP contribution is 2.28. The van der Waals surface area contributed by atoms with Crippen molar-refractivity contribution in [3.63, 3.8) is 0 Å². The molecule has 0 aliphatic heterocycles. The molecule has 0 radical (unpaired) electrons. The van der Waals surface area contributed by atoms with E-state index in [0.29, 0.717) is 17.0 Å². The SMILES string of the molecule is O=C(CSc1nnc(-c2ccccc2)n1-c1ccc(F)cc1)NC1CCCC1. The first-order chi connectivity index (χ1) is 13.7. The highest BCUT2D eigenvalue weighted by Gasteiger charge is 2.20. The highest BCUT2D eigenvalue weighted by molar-refractivity contribution is 7.99. The van der Waals surface area contributed by atoms with E-state index in [4.69, 9.17) is 0 Å². The number of nitrogens with zero attached hydrogens (tertiary/aromatic N) is 3. The first-order valence-corrected chi connectivity index (χ1v) is 10.4. The normalized spacial score (nSPS) is 14.3. The van der Waals surface area contributed by atoms with Gasteiger partial charge in [-0.2, -0.15) is 0 Å². The van der Waals surface area contributed by atoms with Gasteiger partial charge < -0.3 is 5.32 Å². The van der Waals surface area contributed by atoms with Crippen LogP contribution in [0.2, 0.25) is 0 Å². The predicted molar refractivity (Wildman–Crippen MR) is 108 cm³/mol. The third-order valence-electron chi connectivity index (χ3n) is 4.80. The first-order valence-electron chi connectivity index (χ1n) is 9.39. The molecule has 2 aromatic carbocycles. The van der Waals surface area contributed by atoms with Crippen molar-refractivity contribution in [2.45, 2.75) is 36.9 Å². The molecule has 1 fully saturated rings. The third-order valence-corrected chi connectivity index (χ3v) is 5.73. The molecule has 0 unspecified atom stereocenters. The van der Waals surface area contributed by atoms with Crippen molar-refractivity contribution in [3.05, 3.63) is 60.4 Å². The largest absolute Gasteiger partial charge is 0.353 e. The fourth-order valence-electron chi connectivity index (χ4n) is 3.43. The molecule has 5 nitrogen and oxygen atoms in total. The van der Waals surface area contributed by atoms with Crippen LogP contribution in [0.3, 0.4) is 0 Å². The van der Waals surface area contributed by atoms with Gasteiger partial charge in [-0.1, -0.05) is 54.9 Å². The number of amides is 1. The minimum absolute atomic E-state index is 0.00631. The summed E-state index contributed by atoms with van der Waals surface area (Å²) in [5.41, 5.74) is 1.66. The van der Waals surface area contributed by atoms with Gasteiger partial charge in [-0.05, 0) is 37.1 Å². The second-order valence-electron chi connectivity index (χ2n) is 6.82. The summed E-state index contributed by atoms with van der Waals surface area (Å²) in [7, 11) is 0. The summed E-state index contributed by atoms with van der Waals surface area (Å²) in [6.07, 6.45) is 4.47. The van der Waals surface area contributed by atoms with Gasteiger partial charge in [-0.15, -0.1) is 10.2 Å². The fraction of sp³-hybridized carbons (Fsp3) is 0.286. The minimum atomic E-state index is -0.303. The number of aromatic nitrogens is 3. The van der Waals surface area contributed by atoms with Crippen molar-refractivity contribution in [2.75, 3.05) is 5.75 Å². The van der Waals surface area contributed by atoms with E-state index in [1.54, 1.807) is 12.1 Å². The Hall–Kier alpha value is -2.67. The van der Waals surface area contributed by atoms with Gasteiger partial charge in [0, 0.05) is 17.3 Å². The zero-order valence-electron chi connectivity index (χ0n) is 15.3. The predicted octanol–water partition coefficient (Wildman–Crippen LogP) is 4.22. The van der Waals surface area contributed by atoms with Crippen molar-refractivity contribution < 1.29 is 9.18 Å². The average molecular weight is 396 g/mol. The van der Waals surface area contributed by atoms with Crippen LogP contribution >= 0.6 is 11.8 Å². The standard InChI is InChI=1S/C21H21FN4OS/c22-16-10-12-18(13-11-16)26-20(15-6-2-1-3-7-15)24-25-21(26)28-14-19(27)23-17-8-4-5-9-17/h1-3,6-7,10-13,17H,4-5,8-9,14H2,(H,23,27). The molecule has 1 aliphatic carbocycles. The molecular formula is C21H21FN4OS. The van der Waals surface area contributed by atoms with Crippen LogP contribution in [-0.2, 0) is 4.79 Å². The Morgan fingerprint density at radius 2 is 1.79 bits per heavy atom. The van der Waals surface area contributed by atoms with E-state index in [1.165, 1.54) is 36.7 Å². The van der Waals surface area contributed by atoms with Crippen molar-refractivity contribution in [3.8, 4) is 17.1 Å². The lowest BCUT2D eigenvalue weighted by atomic mass is 10.2. The molecule has 1 aromatic heterocycles. The topological polar surface area (TPSA) is 59.8 Å². The molecule has 0 bridgehead atoms. The van der Waals surface area contributed by atoms with E-state index in [9.17, 15) is 9.18 Å². The van der Waals surface area contributed by atoms with Crippen LogP contribution in [0.4, 0.5) is 4.39 Å². The van der Waals surface area contributed by atoms with Crippen molar-refractivity contribution in [2.24, 2.45) is 0 Å². The van der Waals surface area contributed by atoms with E-state index in [0.717, 1.165) is 24.1 Å². The maximum absolute atomic E-state index is 13.4. The summed E-state index contributed by atoms with van der Waals surface area (Å²) in [5.74, 6) is 0.630. The van der Waals surface area contributed by atoms with E-state index in [-0.39, 0.29) is 17.5 Å². The Kier molecular flexibility index (Phi) is 5.71. The van der Waals surface area contributed by atoms with E-state index >= 15 is 0 Å². The Bertz CT molecular complexity index is 937. The van der Waals surface area contributed by atoms with Crippen LogP contribution < -0.4 is 5.32 Å². The summed E-state index contributed by atoms with van der Waals surface area (Å²) >= 11 is 1.34. The molecule has 0 atom stereocenters. The number of carbonyl (C=O) groups is 1. The number of benzene rings is 2. The first kappa shape index (κ1) is 18.7. The zero-order valence-corrected chi connectivity index (χ0v) is 16.2. The molecule has 28 heavy (non-hydrogen) atoms. The van der Waals surface area contributed by atoms with E-state index in [2.05, 4.69) is 15.5 Å². The quantitative estimate of drug-likeness (QED) is 0.634. The average Bonchev–Trinajstić information content (AvgIpc) is 3.37. The Balaban J connectivity index is 1.58. The fourth-order valence-corrected chi connectivity index (χ4v) is 4.19. The number of nitrogens with one attached hydrogen (secondary N) is 1. The number of halogens is 1. The van der Waals surface area contributed by atoms with Crippen molar-refractivity contribution >= 4 is 17.7 Å². The summed E-state index contributed by atoms with van der Waals surface area (Å²) in [4.78, 5) is 12.3. The van der Waals surface area contributed by atoms with Gasteiger partial charge in [0.2, 0.25) is 5.91 Å². The highest BCUT2D eigenvalue weighted by atomic mass is 32.2. The maximum atomic E-state index is 13.4. The zero-order chi connectivity index (χ0) is 19.3. The molecule has 0 spiro atoms. The van der Waals surface area contributed by atoms with Gasteiger partial charge in [0.1, 0.15) is 5.82 Å². The van der Waals surface area contributed by atoms with E-state index < -0.39 is 0 Å². The summed E-state index contributed by atoms with van der Waals surface area (Å²) in [6, 6.07) is 16.2. The lowest BCUT2D eigenvalue weighted by molar-refractivity contribution is -0.119. The molecule has 144 valence electrons. The third kappa shape index (κ3) is 4.25. The van der Waals surface area contributed by atoms with Crippen LogP contribution in [0.15, 0.2) is 59.8 Å². The van der Waals surface area contributed by atoms with Gasteiger partial charge >= 0.3 is 0 Å². The molecule has 1 saturated carbocycles. The van der Waals surface area contributed by atoms with Gasteiger partial charge in [0.15, 0.2) is 11.0 Å². The maximum Gasteiger partial charge on any atom is 0.230 e. The van der Waals surface area contributed by atoms with Crippen LogP contribution in [-0.4, -0.2) is 32.5 Å². The number of rotatable bonds is 6. The van der Waals surface area contributed by atoms with Crippen LogP contribution in [0.25, 0.3) is 17.1 Å². The van der Waals surface area contributed by atoms with Crippen LogP contribution in [0, 0.1) is 5.82 Å². The van der Waals surface area contributed by atoms with Gasteiger partial charge in [0.25, 0.3) is 0 Å². The Morgan fingerprint density at radius 1 is 1.07 bits per heavy atom. The molecule has 3 aromatic rings. The minimum Gasteiger partial charge on any atom is -0.353 e. The van der Waals surface area contributed by atoms with E-state index in [1.807, 2.05) is 34.9 Å². The van der Waals surface area contributed by atoms with Crippen LogP contribution in [0.5, 0.6) is 0 Å². The van der Waals surface area contributed by atoms with Gasteiger partial charge in [-0.3, -0.25) is 9.36 Å². The molecule has 4 rings (SSSR count). The van der Waals surface area contributed by atoms with Crippen LogP contribution in [0.1, 0.15) is 25.7 Å². The smallest absolute Gasteiger partial charge is 0.230 e. The molecule has 7 heteroatoms. The summed E-state index contributed by atoms with van der Waals surface area (Å²) in [5, 5.41) is 12.3. The second kappa shape index (κ2) is 8.56. The number of carbonyl (C=O) groups excluding carboxylic acids is 1. The Labute approximate surface area is 167 Å². The molecule has 1 N–H and O–H groups in total. The molecule has 1 amide bonds. The molecular weight excluding hydrogens is 375 g/mol. The lowest BCUT2D eigenvalue weighted by Crippen LogP contribution is -2.33. The van der Waals surface area contributed by atoms with Crippen molar-refractivity contribution in [1.29, 1.82) is 0 Å². The number of hydrogen-bond acceptors (Lipinski definition) is 4. The lowest BCUT2D eigenvalue weighted by Gasteiger charge is -2.12. The molecule has 1 heterocycles. The molecule has 1 aliphatic rings. The number of hydrogen-bond donors (Lipinski definition) is 1. The summed E-state index contributed by atoms with van der Waals surface area (Å²) < 4.78 is 15.3. The monoisotopic (exact) mass is 396 g/mol. The van der Waals surface area contributed by atoms with Gasteiger partial charge in [0.05, 0.1) is 5.75 Å². The molecule has 0 saturated heterocycles.